The number of hydrogen-bond acceptors (Lipinski definition) is 1. The van der Waals surface area contributed by atoms with Gasteiger partial charge in [-0.2, -0.15) is 0 Å². The molecule has 1 aliphatic heterocycles. The molecule has 0 fully saturated rings. The van der Waals surface area contributed by atoms with Gasteiger partial charge in [0.05, 0.1) is 6.26 Å². The smallest absolute Gasteiger partial charge is 0.151 e. The average Bonchev–Trinajstić information content (AvgIpc) is 1.91. The Hall–Kier alpha value is -0.460. The molecule has 0 aromatic rings. The topological polar surface area (TPSA) is 9.23 Å². The van der Waals surface area contributed by atoms with Crippen LogP contribution in [0.5, 0.6) is 0 Å². The Morgan fingerprint density at radius 1 is 1.71 bits per heavy atom. The van der Waals surface area contributed by atoms with Crippen LogP contribution >= 0.6 is 0 Å². The highest BCUT2D eigenvalue weighted by atomic mass is 16.5. The minimum absolute atomic E-state index is 0.528. The Morgan fingerprint density at radius 3 is 2.57 bits per heavy atom. The molecule has 7 heavy (non-hydrogen) atoms. The maximum Gasteiger partial charge on any atom is 0.151 e. The van der Waals surface area contributed by atoms with E-state index in [1.54, 1.807) is 6.26 Å². The second-order valence-electron chi connectivity index (χ2n) is 1.85. The van der Waals surface area contributed by atoms with Crippen molar-refractivity contribution in [3.63, 3.8) is 0 Å². The van der Waals surface area contributed by atoms with Crippen molar-refractivity contribution in [3.05, 3.63) is 18.4 Å². The molecule has 39 valence electrons. The van der Waals surface area contributed by atoms with Gasteiger partial charge in [-0.05, 0) is 13.0 Å². The average molecular weight is 97.1 g/mol. The summed E-state index contributed by atoms with van der Waals surface area (Å²) in [6, 6.07) is 0. The predicted octanol–water partition coefficient (Wildman–Crippen LogP) is 1.72. The molecule has 1 nitrogen and oxygen atoms in total. The lowest BCUT2D eigenvalue weighted by molar-refractivity contribution is 0.263. The van der Waals surface area contributed by atoms with Crippen LogP contribution in [0.3, 0.4) is 0 Å². The maximum absolute atomic E-state index is 5.00. The van der Waals surface area contributed by atoms with Crippen LogP contribution in [-0.2, 0) is 4.74 Å². The standard InChI is InChI=1S/C6H9O/c1-5-3-4-7-6(5)2/h3-5H,1-2H3. The molecule has 0 saturated carbocycles. The zero-order valence-electron chi connectivity index (χ0n) is 4.64. The van der Waals surface area contributed by atoms with Crippen LogP contribution in [0, 0.1) is 12.0 Å². The van der Waals surface area contributed by atoms with Gasteiger partial charge in [0.15, 0.2) is 6.10 Å². The minimum Gasteiger partial charge on any atom is -0.491 e. The summed E-state index contributed by atoms with van der Waals surface area (Å²) in [4.78, 5) is 0. The van der Waals surface area contributed by atoms with E-state index in [0.29, 0.717) is 5.92 Å². The third-order valence-electron chi connectivity index (χ3n) is 1.26. The van der Waals surface area contributed by atoms with Crippen molar-refractivity contribution in [1.29, 1.82) is 0 Å². The van der Waals surface area contributed by atoms with Gasteiger partial charge in [0.2, 0.25) is 0 Å². The third kappa shape index (κ3) is 0.763. The summed E-state index contributed by atoms with van der Waals surface area (Å²) < 4.78 is 5.00. The summed E-state index contributed by atoms with van der Waals surface area (Å²) in [6.07, 6.45) is 4.87. The Bertz CT molecular complexity index is 86.2. The lowest BCUT2D eigenvalue weighted by Crippen LogP contribution is -1.95. The highest BCUT2D eigenvalue weighted by Crippen LogP contribution is 2.21. The monoisotopic (exact) mass is 97.1 g/mol. The lowest BCUT2D eigenvalue weighted by atomic mass is 10.1. The van der Waals surface area contributed by atoms with Crippen LogP contribution in [0.2, 0.25) is 0 Å². The molecule has 1 unspecified atom stereocenters. The van der Waals surface area contributed by atoms with Gasteiger partial charge in [-0.1, -0.05) is 6.92 Å². The van der Waals surface area contributed by atoms with Crippen LogP contribution in [-0.4, -0.2) is 0 Å². The number of rotatable bonds is 0. The first-order valence-corrected chi connectivity index (χ1v) is 2.47. The molecular weight excluding hydrogens is 88.1 g/mol. The van der Waals surface area contributed by atoms with E-state index in [9.17, 15) is 0 Å². The number of hydrogen-bond donors (Lipinski definition) is 0. The molecule has 1 aliphatic rings. The Balaban J connectivity index is 2.45. The van der Waals surface area contributed by atoms with Gasteiger partial charge >= 0.3 is 0 Å². The van der Waals surface area contributed by atoms with Gasteiger partial charge in [0.25, 0.3) is 0 Å². The first-order chi connectivity index (χ1) is 3.30. The first-order valence-electron chi connectivity index (χ1n) is 2.47. The van der Waals surface area contributed by atoms with E-state index in [-0.39, 0.29) is 0 Å². The summed E-state index contributed by atoms with van der Waals surface area (Å²) in [5.74, 6) is 0.528. The maximum atomic E-state index is 5.00. The van der Waals surface area contributed by atoms with Gasteiger partial charge < -0.3 is 4.74 Å². The molecule has 0 aromatic carbocycles. The van der Waals surface area contributed by atoms with Gasteiger partial charge in [-0.25, -0.2) is 0 Å². The van der Waals surface area contributed by atoms with Crippen molar-refractivity contribution >= 4 is 0 Å². The van der Waals surface area contributed by atoms with Crippen molar-refractivity contribution in [1.82, 2.24) is 0 Å². The molecule has 1 heteroatoms. The van der Waals surface area contributed by atoms with Crippen LogP contribution in [0.4, 0.5) is 0 Å². The molecule has 0 aromatic heterocycles. The molecule has 0 aliphatic carbocycles. The molecule has 1 atom stereocenters. The molecule has 1 radical (unpaired) electrons. The minimum atomic E-state index is 0.528. The first kappa shape index (κ1) is 4.69. The van der Waals surface area contributed by atoms with E-state index in [4.69, 9.17) is 4.74 Å². The van der Waals surface area contributed by atoms with Crippen LogP contribution in [0.1, 0.15) is 13.8 Å². The molecule has 0 saturated heterocycles. The Kier molecular flexibility index (Phi) is 1.05. The quantitative estimate of drug-likeness (QED) is 0.447. The van der Waals surface area contributed by atoms with E-state index >= 15 is 0 Å². The summed E-state index contributed by atoms with van der Waals surface area (Å²) in [7, 11) is 0. The van der Waals surface area contributed by atoms with Crippen LogP contribution in [0.15, 0.2) is 12.3 Å². The number of ether oxygens (including phenoxy) is 1. The Labute approximate surface area is 44.0 Å². The van der Waals surface area contributed by atoms with Gasteiger partial charge in [-0.3, -0.25) is 0 Å². The predicted molar refractivity (Wildman–Crippen MR) is 28.3 cm³/mol. The summed E-state index contributed by atoms with van der Waals surface area (Å²) in [5.41, 5.74) is 0. The van der Waals surface area contributed by atoms with E-state index in [1.165, 1.54) is 0 Å². The zero-order valence-corrected chi connectivity index (χ0v) is 4.64. The summed E-state index contributed by atoms with van der Waals surface area (Å²) >= 11 is 0. The van der Waals surface area contributed by atoms with Crippen molar-refractivity contribution in [2.45, 2.75) is 13.8 Å². The van der Waals surface area contributed by atoms with Crippen LogP contribution in [0.25, 0.3) is 0 Å². The van der Waals surface area contributed by atoms with Crippen molar-refractivity contribution in [2.75, 3.05) is 0 Å². The summed E-state index contributed by atoms with van der Waals surface area (Å²) in [5, 5.41) is 0. The third-order valence-corrected chi connectivity index (χ3v) is 1.26. The fourth-order valence-corrected chi connectivity index (χ4v) is 0.507. The molecule has 1 heterocycles. The normalized spacial score (nSPS) is 30.9. The van der Waals surface area contributed by atoms with Gasteiger partial charge in [0.1, 0.15) is 0 Å². The lowest BCUT2D eigenvalue weighted by Gasteiger charge is -2.03. The second-order valence-corrected chi connectivity index (χ2v) is 1.85. The van der Waals surface area contributed by atoms with Crippen molar-refractivity contribution < 1.29 is 4.74 Å². The second kappa shape index (κ2) is 1.57. The summed E-state index contributed by atoms with van der Waals surface area (Å²) in [6.45, 7) is 4.10. The van der Waals surface area contributed by atoms with E-state index < -0.39 is 0 Å². The fourth-order valence-electron chi connectivity index (χ4n) is 0.507. The van der Waals surface area contributed by atoms with Crippen molar-refractivity contribution in [3.8, 4) is 0 Å². The zero-order chi connectivity index (χ0) is 5.28. The fraction of sp³-hybridized carbons (Fsp3) is 0.500. The highest BCUT2D eigenvalue weighted by molar-refractivity contribution is 5.01. The van der Waals surface area contributed by atoms with E-state index in [2.05, 4.69) is 6.92 Å². The SMILES string of the molecule is C[C]1OC=CC1C. The van der Waals surface area contributed by atoms with Gasteiger partial charge in [0, 0.05) is 5.92 Å². The largest absolute Gasteiger partial charge is 0.491 e. The Morgan fingerprint density at radius 2 is 2.43 bits per heavy atom. The molecule has 0 bridgehead atoms. The molecule has 0 amide bonds. The molecule has 0 spiro atoms. The van der Waals surface area contributed by atoms with E-state index in [0.717, 1.165) is 6.10 Å². The van der Waals surface area contributed by atoms with E-state index in [1.807, 2.05) is 13.0 Å². The van der Waals surface area contributed by atoms with Gasteiger partial charge in [-0.15, -0.1) is 0 Å². The van der Waals surface area contributed by atoms with Crippen LogP contribution < -0.4 is 0 Å². The van der Waals surface area contributed by atoms with Crippen molar-refractivity contribution in [2.24, 2.45) is 5.92 Å². The highest BCUT2D eigenvalue weighted by Gasteiger charge is 2.14. The molecule has 0 N–H and O–H groups in total. The molecular formula is C6H9O. The molecule has 1 rings (SSSR count).